The summed E-state index contributed by atoms with van der Waals surface area (Å²) in [4.78, 5) is 35.5. The molecule has 0 aliphatic heterocycles. The largest absolute Gasteiger partial charge is 0.452 e. The zero-order chi connectivity index (χ0) is 19.1. The van der Waals surface area contributed by atoms with E-state index in [1.807, 2.05) is 0 Å². The van der Waals surface area contributed by atoms with E-state index in [4.69, 9.17) is 16.3 Å². The van der Waals surface area contributed by atoms with Gasteiger partial charge in [0.05, 0.1) is 5.56 Å². The van der Waals surface area contributed by atoms with Gasteiger partial charge >= 0.3 is 5.97 Å². The Labute approximate surface area is 154 Å². The molecule has 2 rings (SSSR count). The summed E-state index contributed by atoms with van der Waals surface area (Å²) < 4.78 is 18.4. The summed E-state index contributed by atoms with van der Waals surface area (Å²) >= 11 is 5.71. The fourth-order valence-corrected chi connectivity index (χ4v) is 2.23. The molecule has 2 N–H and O–H groups in total. The first kappa shape index (κ1) is 19.4. The van der Waals surface area contributed by atoms with Crippen molar-refractivity contribution in [1.82, 2.24) is 5.32 Å². The van der Waals surface area contributed by atoms with Crippen LogP contribution in [0.3, 0.4) is 0 Å². The van der Waals surface area contributed by atoms with Gasteiger partial charge in [0.1, 0.15) is 5.82 Å². The first-order valence-electron chi connectivity index (χ1n) is 7.71. The predicted molar refractivity (Wildman–Crippen MR) is 94.8 cm³/mol. The average molecular weight is 379 g/mol. The topological polar surface area (TPSA) is 84.5 Å². The SMILES string of the molecule is CCNC(=O)c1cccc(NC(=O)COC(=O)c2cc(Cl)ccc2F)c1. The van der Waals surface area contributed by atoms with E-state index < -0.39 is 24.3 Å². The molecule has 0 atom stereocenters. The molecule has 0 saturated heterocycles. The van der Waals surface area contributed by atoms with Gasteiger partial charge in [-0.25, -0.2) is 9.18 Å². The highest BCUT2D eigenvalue weighted by atomic mass is 35.5. The van der Waals surface area contributed by atoms with Crippen LogP contribution in [0.4, 0.5) is 10.1 Å². The Morgan fingerprint density at radius 1 is 1.15 bits per heavy atom. The summed E-state index contributed by atoms with van der Waals surface area (Å²) in [6, 6.07) is 9.72. The van der Waals surface area contributed by atoms with Crippen molar-refractivity contribution in [3.8, 4) is 0 Å². The van der Waals surface area contributed by atoms with Crippen LogP contribution in [0.15, 0.2) is 42.5 Å². The maximum Gasteiger partial charge on any atom is 0.341 e. The minimum atomic E-state index is -1.00. The van der Waals surface area contributed by atoms with Crippen molar-refractivity contribution in [1.29, 1.82) is 0 Å². The van der Waals surface area contributed by atoms with Crippen LogP contribution in [-0.2, 0) is 9.53 Å². The number of hydrogen-bond acceptors (Lipinski definition) is 4. The molecular formula is C18H16ClFN2O4. The van der Waals surface area contributed by atoms with Crippen molar-refractivity contribution in [2.24, 2.45) is 0 Å². The molecule has 0 spiro atoms. The van der Waals surface area contributed by atoms with Gasteiger partial charge in [-0.2, -0.15) is 0 Å². The Morgan fingerprint density at radius 2 is 1.92 bits per heavy atom. The van der Waals surface area contributed by atoms with Gasteiger partial charge in [-0.15, -0.1) is 0 Å². The molecule has 26 heavy (non-hydrogen) atoms. The number of anilines is 1. The Morgan fingerprint density at radius 3 is 2.65 bits per heavy atom. The minimum Gasteiger partial charge on any atom is -0.452 e. The minimum absolute atomic E-state index is 0.171. The van der Waals surface area contributed by atoms with Crippen LogP contribution in [0.5, 0.6) is 0 Å². The first-order valence-corrected chi connectivity index (χ1v) is 8.08. The van der Waals surface area contributed by atoms with Gasteiger partial charge in [0, 0.05) is 22.8 Å². The van der Waals surface area contributed by atoms with E-state index in [1.165, 1.54) is 12.1 Å². The molecule has 0 aromatic heterocycles. The summed E-state index contributed by atoms with van der Waals surface area (Å²) in [5.74, 6) is -2.70. The number of esters is 1. The zero-order valence-corrected chi connectivity index (χ0v) is 14.6. The molecule has 0 fully saturated rings. The third kappa shape index (κ3) is 5.29. The highest BCUT2D eigenvalue weighted by Gasteiger charge is 2.15. The van der Waals surface area contributed by atoms with Crippen LogP contribution < -0.4 is 10.6 Å². The molecule has 0 unspecified atom stereocenters. The number of benzene rings is 2. The van der Waals surface area contributed by atoms with Gasteiger partial charge in [0.25, 0.3) is 11.8 Å². The lowest BCUT2D eigenvalue weighted by atomic mass is 10.2. The molecule has 0 aliphatic rings. The van der Waals surface area contributed by atoms with E-state index in [1.54, 1.807) is 25.1 Å². The van der Waals surface area contributed by atoms with E-state index in [9.17, 15) is 18.8 Å². The normalized spacial score (nSPS) is 10.1. The van der Waals surface area contributed by atoms with Crippen LogP contribution in [0.2, 0.25) is 5.02 Å². The molecule has 8 heteroatoms. The number of carbonyl (C=O) groups is 3. The van der Waals surface area contributed by atoms with Crippen molar-refractivity contribution >= 4 is 35.1 Å². The number of hydrogen-bond donors (Lipinski definition) is 2. The van der Waals surface area contributed by atoms with Crippen molar-refractivity contribution in [3.63, 3.8) is 0 Å². The molecule has 0 radical (unpaired) electrons. The fourth-order valence-electron chi connectivity index (χ4n) is 2.06. The Balaban J connectivity index is 1.95. The number of ether oxygens (including phenoxy) is 1. The van der Waals surface area contributed by atoms with E-state index in [0.717, 1.165) is 12.1 Å². The van der Waals surface area contributed by atoms with Crippen LogP contribution in [-0.4, -0.2) is 30.9 Å². The van der Waals surface area contributed by atoms with Crippen molar-refractivity contribution in [2.75, 3.05) is 18.5 Å². The lowest BCUT2D eigenvalue weighted by Crippen LogP contribution is -2.23. The summed E-state index contributed by atoms with van der Waals surface area (Å²) in [5, 5.41) is 5.31. The third-order valence-electron chi connectivity index (χ3n) is 3.23. The van der Waals surface area contributed by atoms with E-state index in [0.29, 0.717) is 17.8 Å². The monoisotopic (exact) mass is 378 g/mol. The molecule has 0 saturated carbocycles. The highest BCUT2D eigenvalue weighted by molar-refractivity contribution is 6.30. The van der Waals surface area contributed by atoms with Crippen molar-refractivity contribution in [3.05, 3.63) is 64.4 Å². The number of nitrogens with one attached hydrogen (secondary N) is 2. The van der Waals surface area contributed by atoms with E-state index in [-0.39, 0.29) is 16.5 Å². The van der Waals surface area contributed by atoms with Gasteiger partial charge in [0.2, 0.25) is 0 Å². The predicted octanol–water partition coefficient (Wildman–Crippen LogP) is 3.02. The van der Waals surface area contributed by atoms with Crippen LogP contribution in [0.25, 0.3) is 0 Å². The maximum atomic E-state index is 13.6. The van der Waals surface area contributed by atoms with Gasteiger partial charge in [-0.05, 0) is 43.3 Å². The standard InChI is InChI=1S/C18H16ClFN2O4/c1-2-21-17(24)11-4-3-5-13(8-11)22-16(23)10-26-18(25)14-9-12(19)6-7-15(14)20/h3-9H,2,10H2,1H3,(H,21,24)(H,22,23). The second-order valence-corrected chi connectivity index (χ2v) is 5.63. The summed E-state index contributed by atoms with van der Waals surface area (Å²) in [7, 11) is 0. The van der Waals surface area contributed by atoms with Crippen LogP contribution in [0, 0.1) is 5.82 Å². The second kappa shape index (κ2) is 8.96. The number of carbonyl (C=O) groups excluding carboxylic acids is 3. The van der Waals surface area contributed by atoms with Gasteiger partial charge in [0.15, 0.2) is 6.61 Å². The molecular weight excluding hydrogens is 363 g/mol. The highest BCUT2D eigenvalue weighted by Crippen LogP contribution is 2.16. The number of amides is 2. The van der Waals surface area contributed by atoms with Crippen molar-refractivity contribution in [2.45, 2.75) is 6.92 Å². The zero-order valence-electron chi connectivity index (χ0n) is 13.8. The number of halogens is 2. The molecule has 2 aromatic carbocycles. The van der Waals surface area contributed by atoms with Gasteiger partial charge in [-0.1, -0.05) is 17.7 Å². The van der Waals surface area contributed by atoms with Gasteiger partial charge < -0.3 is 15.4 Å². The number of rotatable bonds is 6. The Kier molecular flexibility index (Phi) is 6.68. The lowest BCUT2D eigenvalue weighted by molar-refractivity contribution is -0.119. The molecule has 2 aromatic rings. The Bertz CT molecular complexity index is 842. The molecule has 136 valence electrons. The summed E-state index contributed by atoms with van der Waals surface area (Å²) in [6.45, 7) is 1.65. The van der Waals surface area contributed by atoms with Crippen LogP contribution >= 0.6 is 11.6 Å². The van der Waals surface area contributed by atoms with E-state index >= 15 is 0 Å². The van der Waals surface area contributed by atoms with Crippen LogP contribution in [0.1, 0.15) is 27.6 Å². The smallest absolute Gasteiger partial charge is 0.341 e. The fraction of sp³-hybridized carbons (Fsp3) is 0.167. The first-order chi connectivity index (χ1) is 12.4. The summed E-state index contributed by atoms with van der Waals surface area (Å²) in [5.41, 5.74) is 0.384. The molecule has 2 amide bonds. The van der Waals surface area contributed by atoms with Crippen molar-refractivity contribution < 1.29 is 23.5 Å². The lowest BCUT2D eigenvalue weighted by Gasteiger charge is -2.09. The second-order valence-electron chi connectivity index (χ2n) is 5.19. The summed E-state index contributed by atoms with van der Waals surface area (Å²) in [6.07, 6.45) is 0. The third-order valence-corrected chi connectivity index (χ3v) is 3.46. The maximum absolute atomic E-state index is 13.6. The van der Waals surface area contributed by atoms with Gasteiger partial charge in [-0.3, -0.25) is 9.59 Å². The molecule has 0 aliphatic carbocycles. The average Bonchev–Trinajstić information content (AvgIpc) is 2.62. The van der Waals surface area contributed by atoms with E-state index in [2.05, 4.69) is 10.6 Å². The Hall–Kier alpha value is -2.93. The quantitative estimate of drug-likeness (QED) is 0.757. The molecule has 0 bridgehead atoms. The molecule has 6 nitrogen and oxygen atoms in total. The molecule has 0 heterocycles.